The summed E-state index contributed by atoms with van der Waals surface area (Å²) in [5, 5.41) is 6.63. The van der Waals surface area contributed by atoms with Gasteiger partial charge in [-0.2, -0.15) is 11.8 Å². The molecule has 0 heterocycles. The minimum atomic E-state index is 0.312. The molecule has 0 fully saturated rings. The largest absolute Gasteiger partial charge is 0.379 e. The fraction of sp³-hybridized carbons (Fsp3) is 0.929. The van der Waals surface area contributed by atoms with Gasteiger partial charge in [0.15, 0.2) is 5.96 Å². The first-order valence-corrected chi connectivity index (χ1v) is 8.72. The molecule has 0 aromatic carbocycles. The van der Waals surface area contributed by atoms with Crippen molar-refractivity contribution in [2.24, 2.45) is 4.99 Å². The van der Waals surface area contributed by atoms with Crippen molar-refractivity contribution >= 4 is 17.7 Å². The van der Waals surface area contributed by atoms with E-state index in [1.165, 1.54) is 18.6 Å². The predicted octanol–water partition coefficient (Wildman–Crippen LogP) is 2.50. The molecule has 0 saturated carbocycles. The van der Waals surface area contributed by atoms with Crippen molar-refractivity contribution in [1.82, 2.24) is 10.6 Å². The zero-order valence-corrected chi connectivity index (χ0v) is 13.8. The standard InChI is InChI=1S/C14H31N3OS/c1-5-15-14(16-9-6-7-12-19-4)17-10-8-11-18-13(2)3/h13H,5-12H2,1-4H3,(H2,15,16,17). The van der Waals surface area contributed by atoms with E-state index in [0.29, 0.717) is 6.10 Å². The lowest BCUT2D eigenvalue weighted by molar-refractivity contribution is 0.0782. The monoisotopic (exact) mass is 289 g/mol. The number of rotatable bonds is 11. The third kappa shape index (κ3) is 13.8. The van der Waals surface area contributed by atoms with E-state index in [2.05, 4.69) is 42.7 Å². The van der Waals surface area contributed by atoms with Crippen LogP contribution in [0.1, 0.15) is 40.0 Å². The number of hydrogen-bond acceptors (Lipinski definition) is 3. The van der Waals surface area contributed by atoms with E-state index in [0.717, 1.165) is 38.6 Å². The average molecular weight is 289 g/mol. The molecule has 0 radical (unpaired) electrons. The third-order valence-electron chi connectivity index (χ3n) is 2.44. The van der Waals surface area contributed by atoms with Crippen LogP contribution in [0, 0.1) is 0 Å². The molecule has 0 bridgehead atoms. The Morgan fingerprint density at radius 1 is 1.21 bits per heavy atom. The average Bonchev–Trinajstić information content (AvgIpc) is 2.37. The van der Waals surface area contributed by atoms with Gasteiger partial charge in [-0.25, -0.2) is 0 Å². The van der Waals surface area contributed by atoms with Gasteiger partial charge in [0.1, 0.15) is 0 Å². The highest BCUT2D eigenvalue weighted by Gasteiger charge is 1.97. The number of nitrogens with one attached hydrogen (secondary N) is 2. The van der Waals surface area contributed by atoms with E-state index < -0.39 is 0 Å². The molecule has 0 saturated heterocycles. The highest BCUT2D eigenvalue weighted by Crippen LogP contribution is 1.97. The van der Waals surface area contributed by atoms with Crippen LogP contribution in [0.5, 0.6) is 0 Å². The fourth-order valence-electron chi connectivity index (χ4n) is 1.49. The molecule has 0 aliphatic heterocycles. The molecule has 114 valence electrons. The molecule has 0 aromatic rings. The molecular formula is C14H31N3OS. The van der Waals surface area contributed by atoms with Crippen LogP contribution in [0.3, 0.4) is 0 Å². The third-order valence-corrected chi connectivity index (χ3v) is 3.13. The molecule has 0 atom stereocenters. The second-order valence-corrected chi connectivity index (χ2v) is 5.65. The van der Waals surface area contributed by atoms with Gasteiger partial charge in [0.05, 0.1) is 6.10 Å². The predicted molar refractivity (Wildman–Crippen MR) is 87.3 cm³/mol. The first-order valence-electron chi connectivity index (χ1n) is 7.33. The van der Waals surface area contributed by atoms with Crippen molar-refractivity contribution < 1.29 is 4.74 Å². The van der Waals surface area contributed by atoms with E-state index in [1.54, 1.807) is 0 Å². The smallest absolute Gasteiger partial charge is 0.191 e. The Morgan fingerprint density at radius 3 is 2.63 bits per heavy atom. The Morgan fingerprint density at radius 2 is 2.00 bits per heavy atom. The molecule has 0 spiro atoms. The van der Waals surface area contributed by atoms with Crippen molar-refractivity contribution in [3.63, 3.8) is 0 Å². The molecule has 4 nitrogen and oxygen atoms in total. The van der Waals surface area contributed by atoms with Crippen LogP contribution in [-0.4, -0.2) is 50.3 Å². The Balaban J connectivity index is 3.69. The molecule has 0 unspecified atom stereocenters. The van der Waals surface area contributed by atoms with Crippen molar-refractivity contribution in [2.45, 2.75) is 46.1 Å². The van der Waals surface area contributed by atoms with Crippen LogP contribution in [0.15, 0.2) is 4.99 Å². The summed E-state index contributed by atoms with van der Waals surface area (Å²) in [6.45, 7) is 9.70. The van der Waals surface area contributed by atoms with Crippen LogP contribution in [-0.2, 0) is 4.74 Å². The second kappa shape index (κ2) is 14.0. The van der Waals surface area contributed by atoms with Gasteiger partial charge in [-0.15, -0.1) is 0 Å². The summed E-state index contributed by atoms with van der Waals surface area (Å²) in [4.78, 5) is 4.54. The van der Waals surface area contributed by atoms with E-state index in [-0.39, 0.29) is 0 Å². The number of unbranched alkanes of at least 4 members (excludes halogenated alkanes) is 1. The van der Waals surface area contributed by atoms with E-state index in [4.69, 9.17) is 4.74 Å². The summed E-state index contributed by atoms with van der Waals surface area (Å²) in [7, 11) is 0. The molecule has 19 heavy (non-hydrogen) atoms. The highest BCUT2D eigenvalue weighted by molar-refractivity contribution is 7.98. The maximum atomic E-state index is 5.50. The van der Waals surface area contributed by atoms with E-state index >= 15 is 0 Å². The molecular weight excluding hydrogens is 258 g/mol. The first kappa shape index (κ1) is 18.6. The molecule has 0 aliphatic carbocycles. The number of ether oxygens (including phenoxy) is 1. The summed E-state index contributed by atoms with van der Waals surface area (Å²) in [6.07, 6.45) is 5.89. The molecule has 0 aromatic heterocycles. The summed E-state index contributed by atoms with van der Waals surface area (Å²) < 4.78 is 5.50. The van der Waals surface area contributed by atoms with Crippen molar-refractivity contribution in [1.29, 1.82) is 0 Å². The summed E-state index contributed by atoms with van der Waals surface area (Å²) >= 11 is 1.90. The van der Waals surface area contributed by atoms with Gasteiger partial charge in [0.2, 0.25) is 0 Å². The van der Waals surface area contributed by atoms with Crippen LogP contribution < -0.4 is 10.6 Å². The van der Waals surface area contributed by atoms with Crippen molar-refractivity contribution in [3.8, 4) is 0 Å². The van der Waals surface area contributed by atoms with Crippen molar-refractivity contribution in [2.75, 3.05) is 38.2 Å². The lowest BCUT2D eigenvalue weighted by Gasteiger charge is -2.11. The minimum absolute atomic E-state index is 0.312. The number of thioether (sulfide) groups is 1. The lowest BCUT2D eigenvalue weighted by atomic mass is 10.3. The molecule has 5 heteroatoms. The molecule has 0 aliphatic rings. The number of aliphatic imine (C=N–C) groups is 1. The van der Waals surface area contributed by atoms with Crippen LogP contribution in [0.4, 0.5) is 0 Å². The maximum absolute atomic E-state index is 5.50. The Kier molecular flexibility index (Phi) is 13.7. The van der Waals surface area contributed by atoms with Crippen LogP contribution >= 0.6 is 11.8 Å². The summed E-state index contributed by atoms with van der Waals surface area (Å²) in [6, 6.07) is 0. The maximum Gasteiger partial charge on any atom is 0.191 e. The Bertz CT molecular complexity index is 223. The summed E-state index contributed by atoms with van der Waals surface area (Å²) in [5.41, 5.74) is 0. The van der Waals surface area contributed by atoms with Gasteiger partial charge in [-0.05, 0) is 52.0 Å². The molecule has 0 rings (SSSR count). The summed E-state index contributed by atoms with van der Waals surface area (Å²) in [5.74, 6) is 2.17. The van der Waals surface area contributed by atoms with E-state index in [1.807, 2.05) is 11.8 Å². The second-order valence-electron chi connectivity index (χ2n) is 4.66. The first-order chi connectivity index (χ1) is 9.20. The van der Waals surface area contributed by atoms with Crippen LogP contribution in [0.25, 0.3) is 0 Å². The topological polar surface area (TPSA) is 45.7 Å². The van der Waals surface area contributed by atoms with Gasteiger partial charge in [0.25, 0.3) is 0 Å². The van der Waals surface area contributed by atoms with Gasteiger partial charge in [0, 0.05) is 26.2 Å². The molecule has 0 amide bonds. The van der Waals surface area contributed by atoms with Crippen LogP contribution in [0.2, 0.25) is 0 Å². The van der Waals surface area contributed by atoms with Gasteiger partial charge >= 0.3 is 0 Å². The van der Waals surface area contributed by atoms with Gasteiger partial charge in [-0.1, -0.05) is 0 Å². The van der Waals surface area contributed by atoms with Gasteiger partial charge in [-0.3, -0.25) is 4.99 Å². The zero-order chi connectivity index (χ0) is 14.3. The van der Waals surface area contributed by atoms with Crippen molar-refractivity contribution in [3.05, 3.63) is 0 Å². The van der Waals surface area contributed by atoms with Gasteiger partial charge < -0.3 is 15.4 Å². The lowest BCUT2D eigenvalue weighted by Crippen LogP contribution is -2.38. The number of nitrogens with zero attached hydrogens (tertiary/aromatic N) is 1. The number of hydrogen-bond donors (Lipinski definition) is 2. The quantitative estimate of drug-likeness (QED) is 0.348. The minimum Gasteiger partial charge on any atom is -0.379 e. The fourth-order valence-corrected chi connectivity index (χ4v) is 1.99. The Hall–Kier alpha value is -0.420. The highest BCUT2D eigenvalue weighted by atomic mass is 32.2. The normalized spacial score (nSPS) is 11.9. The van der Waals surface area contributed by atoms with E-state index in [9.17, 15) is 0 Å². The Labute approximate surface area is 123 Å². The number of guanidine groups is 1. The zero-order valence-electron chi connectivity index (χ0n) is 13.0. The SMILES string of the molecule is CCNC(=NCCCOC(C)C)NCCCCSC. The molecule has 2 N–H and O–H groups in total.